The normalized spacial score (nSPS) is 18.4. The van der Waals surface area contributed by atoms with Crippen molar-refractivity contribution in [2.75, 3.05) is 24.7 Å². The molecule has 142 valence electrons. The molecule has 0 spiro atoms. The fourth-order valence-corrected chi connectivity index (χ4v) is 6.59. The fourth-order valence-electron chi connectivity index (χ4n) is 4.08. The Balaban J connectivity index is 2.52. The SMILES string of the molecule is CCCCC1(CCCC)CCc2cc(F)cc(N(C)C)c2S(=O)(=O)C1. The van der Waals surface area contributed by atoms with Gasteiger partial charge in [0.15, 0.2) is 9.84 Å². The summed E-state index contributed by atoms with van der Waals surface area (Å²) in [7, 11) is 0.102. The first-order valence-electron chi connectivity index (χ1n) is 9.47. The van der Waals surface area contributed by atoms with E-state index in [4.69, 9.17) is 0 Å². The lowest BCUT2D eigenvalue weighted by Gasteiger charge is -2.32. The van der Waals surface area contributed by atoms with E-state index < -0.39 is 9.84 Å². The number of aryl methyl sites for hydroxylation is 1. The smallest absolute Gasteiger partial charge is 0.181 e. The fraction of sp³-hybridized carbons (Fsp3) is 0.700. The summed E-state index contributed by atoms with van der Waals surface area (Å²) in [4.78, 5) is 2.07. The number of unbranched alkanes of at least 4 members (excludes halogenated alkanes) is 2. The molecule has 0 aliphatic carbocycles. The van der Waals surface area contributed by atoms with Crippen LogP contribution in [0.3, 0.4) is 0 Å². The Morgan fingerprint density at radius 2 is 1.72 bits per heavy atom. The first kappa shape index (κ1) is 20.2. The zero-order valence-corrected chi connectivity index (χ0v) is 16.9. The third-order valence-corrected chi connectivity index (χ3v) is 7.53. The monoisotopic (exact) mass is 369 g/mol. The number of benzene rings is 1. The average molecular weight is 370 g/mol. The highest BCUT2D eigenvalue weighted by Crippen LogP contribution is 2.44. The van der Waals surface area contributed by atoms with E-state index >= 15 is 0 Å². The Kier molecular flexibility index (Phi) is 6.52. The van der Waals surface area contributed by atoms with E-state index in [1.807, 2.05) is 0 Å². The summed E-state index contributed by atoms with van der Waals surface area (Å²) in [6.07, 6.45) is 7.58. The predicted octanol–water partition coefficient (Wildman–Crippen LogP) is 4.98. The summed E-state index contributed by atoms with van der Waals surface area (Å²) >= 11 is 0. The quantitative estimate of drug-likeness (QED) is 0.636. The lowest BCUT2D eigenvalue weighted by molar-refractivity contribution is 0.240. The first-order chi connectivity index (χ1) is 11.7. The number of hydrogen-bond donors (Lipinski definition) is 0. The Morgan fingerprint density at radius 1 is 1.12 bits per heavy atom. The van der Waals surface area contributed by atoms with Crippen molar-refractivity contribution in [1.29, 1.82) is 0 Å². The molecule has 0 atom stereocenters. The van der Waals surface area contributed by atoms with Gasteiger partial charge in [-0.1, -0.05) is 39.5 Å². The number of rotatable bonds is 7. The third kappa shape index (κ3) is 4.55. The van der Waals surface area contributed by atoms with Crippen LogP contribution in [-0.4, -0.2) is 28.3 Å². The van der Waals surface area contributed by atoms with Crippen molar-refractivity contribution in [1.82, 2.24) is 0 Å². The maximum atomic E-state index is 14.1. The molecule has 0 saturated carbocycles. The molecule has 1 aromatic rings. The van der Waals surface area contributed by atoms with Crippen molar-refractivity contribution in [2.24, 2.45) is 5.41 Å². The molecule has 0 N–H and O–H groups in total. The minimum Gasteiger partial charge on any atom is -0.377 e. The number of halogens is 1. The van der Waals surface area contributed by atoms with Gasteiger partial charge in [-0.2, -0.15) is 0 Å². The number of anilines is 1. The standard InChI is InChI=1S/C20H32FNO2S/c1-5-7-10-20(11-8-6-2)12-9-16-13-17(21)14-18(22(3)4)19(16)25(23,24)15-20/h13-14H,5-12,15H2,1-4H3. The average Bonchev–Trinajstić information content (AvgIpc) is 2.65. The van der Waals surface area contributed by atoms with Crippen molar-refractivity contribution in [2.45, 2.75) is 70.1 Å². The Bertz CT molecular complexity index is 690. The predicted molar refractivity (Wildman–Crippen MR) is 103 cm³/mol. The summed E-state index contributed by atoms with van der Waals surface area (Å²) in [6.45, 7) is 4.29. The first-order valence-corrected chi connectivity index (χ1v) is 11.1. The molecular weight excluding hydrogens is 337 g/mol. The van der Waals surface area contributed by atoms with E-state index in [1.165, 1.54) is 12.1 Å². The molecule has 0 amide bonds. The van der Waals surface area contributed by atoms with Crippen LogP contribution in [0, 0.1) is 11.2 Å². The maximum Gasteiger partial charge on any atom is 0.181 e. The minimum atomic E-state index is -3.45. The summed E-state index contributed by atoms with van der Waals surface area (Å²) in [5.41, 5.74) is 0.958. The van der Waals surface area contributed by atoms with Gasteiger partial charge in [0.25, 0.3) is 0 Å². The van der Waals surface area contributed by atoms with E-state index in [2.05, 4.69) is 13.8 Å². The molecule has 0 unspecified atom stereocenters. The zero-order valence-electron chi connectivity index (χ0n) is 16.1. The van der Waals surface area contributed by atoms with Crippen LogP contribution in [0.2, 0.25) is 0 Å². The van der Waals surface area contributed by atoms with Crippen LogP contribution < -0.4 is 4.90 Å². The van der Waals surface area contributed by atoms with Crippen LogP contribution in [0.25, 0.3) is 0 Å². The van der Waals surface area contributed by atoms with Crippen LogP contribution in [0.5, 0.6) is 0 Å². The molecular formula is C20H32FNO2S. The molecule has 25 heavy (non-hydrogen) atoms. The summed E-state index contributed by atoms with van der Waals surface area (Å²) in [5, 5.41) is 0. The number of sulfone groups is 1. The molecule has 1 aliphatic rings. The Labute approximate surface area is 152 Å². The number of fused-ring (bicyclic) bond motifs is 1. The molecule has 5 heteroatoms. The largest absolute Gasteiger partial charge is 0.377 e. The van der Waals surface area contributed by atoms with Gasteiger partial charge in [-0.25, -0.2) is 12.8 Å². The van der Waals surface area contributed by atoms with Crippen LogP contribution in [0.1, 0.15) is 64.4 Å². The Morgan fingerprint density at radius 3 is 2.24 bits per heavy atom. The van der Waals surface area contributed by atoms with Crippen LogP contribution in [0.15, 0.2) is 17.0 Å². The second-order valence-electron chi connectivity index (χ2n) is 7.77. The molecule has 2 rings (SSSR count). The second-order valence-corrected chi connectivity index (χ2v) is 9.70. The summed E-state index contributed by atoms with van der Waals surface area (Å²) < 4.78 is 40.7. The van der Waals surface area contributed by atoms with Crippen LogP contribution in [0.4, 0.5) is 10.1 Å². The van der Waals surface area contributed by atoms with Crippen molar-refractivity contribution in [3.63, 3.8) is 0 Å². The lowest BCUT2D eigenvalue weighted by Crippen LogP contribution is -2.30. The molecule has 3 nitrogen and oxygen atoms in total. The molecule has 0 aromatic heterocycles. The number of nitrogens with zero attached hydrogens (tertiary/aromatic N) is 1. The summed E-state index contributed by atoms with van der Waals surface area (Å²) in [6, 6.07) is 2.77. The topological polar surface area (TPSA) is 37.4 Å². The second kappa shape index (κ2) is 8.07. The van der Waals surface area contributed by atoms with Gasteiger partial charge in [-0.15, -0.1) is 0 Å². The van der Waals surface area contributed by atoms with Crippen LogP contribution in [-0.2, 0) is 16.3 Å². The number of hydrogen-bond acceptors (Lipinski definition) is 3. The molecule has 0 bridgehead atoms. The molecule has 1 aromatic carbocycles. The van der Waals surface area contributed by atoms with Gasteiger partial charge in [0.1, 0.15) is 5.82 Å². The van der Waals surface area contributed by atoms with Gasteiger partial charge in [0.2, 0.25) is 0 Å². The van der Waals surface area contributed by atoms with Gasteiger partial charge < -0.3 is 4.90 Å². The van der Waals surface area contributed by atoms with Crippen molar-refractivity contribution < 1.29 is 12.8 Å². The highest BCUT2D eigenvalue weighted by Gasteiger charge is 2.40. The maximum absolute atomic E-state index is 14.1. The van der Waals surface area contributed by atoms with Crippen molar-refractivity contribution >= 4 is 15.5 Å². The lowest BCUT2D eigenvalue weighted by atomic mass is 9.75. The highest BCUT2D eigenvalue weighted by atomic mass is 32.2. The molecule has 1 aliphatic heterocycles. The zero-order chi connectivity index (χ0) is 18.7. The van der Waals surface area contributed by atoms with Crippen molar-refractivity contribution in [3.8, 4) is 0 Å². The minimum absolute atomic E-state index is 0.177. The molecule has 0 saturated heterocycles. The van der Waals surface area contributed by atoms with Gasteiger partial charge in [0, 0.05) is 14.1 Å². The highest BCUT2D eigenvalue weighted by molar-refractivity contribution is 7.91. The van der Waals surface area contributed by atoms with E-state index in [0.29, 0.717) is 22.6 Å². The van der Waals surface area contributed by atoms with E-state index in [1.54, 1.807) is 19.0 Å². The molecule has 0 radical (unpaired) electrons. The molecule has 1 heterocycles. The van der Waals surface area contributed by atoms with Gasteiger partial charge in [0.05, 0.1) is 16.3 Å². The van der Waals surface area contributed by atoms with Gasteiger partial charge in [-0.05, 0) is 48.8 Å². The van der Waals surface area contributed by atoms with E-state index in [0.717, 1.165) is 44.9 Å². The van der Waals surface area contributed by atoms with E-state index in [9.17, 15) is 12.8 Å². The van der Waals surface area contributed by atoms with Gasteiger partial charge >= 0.3 is 0 Å². The van der Waals surface area contributed by atoms with Gasteiger partial charge in [-0.3, -0.25) is 0 Å². The Hall–Kier alpha value is -1.10. The summed E-state index contributed by atoms with van der Waals surface area (Å²) in [5.74, 6) is -0.160. The van der Waals surface area contributed by atoms with E-state index in [-0.39, 0.29) is 17.0 Å². The van der Waals surface area contributed by atoms with Crippen molar-refractivity contribution in [3.05, 3.63) is 23.5 Å². The molecule has 0 fully saturated rings. The third-order valence-electron chi connectivity index (χ3n) is 5.45. The van der Waals surface area contributed by atoms with Crippen LogP contribution >= 0.6 is 0 Å².